The standard InChI is InChI=1S/C25H34OSi/c1-15-12-19-17(10-9-11-18(19)23(15)27)16-13-20(24(2,3)4)22(26-8)21(14-16)25(5,6)7/h9-14,23H,1-8,27H3. The van der Waals surface area contributed by atoms with Crippen molar-refractivity contribution in [3.63, 3.8) is 0 Å². The lowest BCUT2D eigenvalue weighted by Gasteiger charge is -2.30. The summed E-state index contributed by atoms with van der Waals surface area (Å²) in [6.07, 6.45) is 2.40. The fourth-order valence-electron chi connectivity index (χ4n) is 4.09. The number of fused-ring (bicyclic) bond motifs is 1. The van der Waals surface area contributed by atoms with E-state index in [2.05, 4.69) is 84.9 Å². The minimum Gasteiger partial charge on any atom is -0.496 e. The van der Waals surface area contributed by atoms with Gasteiger partial charge >= 0.3 is 0 Å². The molecule has 27 heavy (non-hydrogen) atoms. The lowest BCUT2D eigenvalue weighted by molar-refractivity contribution is 0.381. The molecule has 0 spiro atoms. The Morgan fingerprint density at radius 3 is 1.96 bits per heavy atom. The summed E-state index contributed by atoms with van der Waals surface area (Å²) in [5.74, 6) is 1.04. The molecule has 0 bridgehead atoms. The monoisotopic (exact) mass is 378 g/mol. The maximum absolute atomic E-state index is 5.94. The first-order chi connectivity index (χ1) is 12.4. The second kappa shape index (κ2) is 6.67. The Morgan fingerprint density at radius 1 is 0.926 bits per heavy atom. The van der Waals surface area contributed by atoms with Crippen LogP contribution in [0, 0.1) is 0 Å². The molecule has 0 saturated carbocycles. The smallest absolute Gasteiger partial charge is 0.126 e. The molecule has 0 heterocycles. The highest BCUT2D eigenvalue weighted by atomic mass is 28.1. The molecule has 0 saturated heterocycles. The SMILES string of the molecule is COc1c(C(C)(C)C)cc(-c2cccc3c2C=C(C)C3[SiH3])cc1C(C)(C)C. The van der Waals surface area contributed by atoms with E-state index in [-0.39, 0.29) is 10.8 Å². The third kappa shape index (κ3) is 3.52. The van der Waals surface area contributed by atoms with Gasteiger partial charge in [-0.1, -0.05) is 71.4 Å². The van der Waals surface area contributed by atoms with Gasteiger partial charge in [0.05, 0.1) is 7.11 Å². The van der Waals surface area contributed by atoms with E-state index in [9.17, 15) is 0 Å². The maximum Gasteiger partial charge on any atom is 0.126 e. The van der Waals surface area contributed by atoms with Crippen LogP contribution in [0.5, 0.6) is 5.75 Å². The van der Waals surface area contributed by atoms with Gasteiger partial charge in [-0.15, -0.1) is 0 Å². The summed E-state index contributed by atoms with van der Waals surface area (Å²) in [6, 6.07) is 11.5. The minimum absolute atomic E-state index is 0.0191. The summed E-state index contributed by atoms with van der Waals surface area (Å²) >= 11 is 0. The summed E-state index contributed by atoms with van der Waals surface area (Å²) in [6.45, 7) is 15.9. The van der Waals surface area contributed by atoms with Crippen LogP contribution in [0.15, 0.2) is 35.9 Å². The van der Waals surface area contributed by atoms with Gasteiger partial charge in [0.1, 0.15) is 5.75 Å². The fraction of sp³-hybridized carbons (Fsp3) is 0.440. The zero-order valence-electron chi connectivity index (χ0n) is 18.4. The molecule has 1 unspecified atom stereocenters. The first-order valence-corrected chi connectivity index (χ1v) is 11.1. The Balaban J connectivity index is 2.34. The molecule has 1 atom stereocenters. The normalized spacial score (nSPS) is 17.0. The Labute approximate surface area is 168 Å². The molecule has 0 radical (unpaired) electrons. The Hall–Kier alpha value is -1.80. The largest absolute Gasteiger partial charge is 0.496 e. The van der Waals surface area contributed by atoms with E-state index in [0.29, 0.717) is 5.54 Å². The molecule has 2 aromatic rings. The molecule has 0 N–H and O–H groups in total. The van der Waals surface area contributed by atoms with Crippen LogP contribution in [0.1, 0.15) is 76.3 Å². The van der Waals surface area contributed by atoms with Crippen LogP contribution in [-0.4, -0.2) is 17.4 Å². The molecule has 0 amide bonds. The number of ether oxygens (including phenoxy) is 1. The van der Waals surface area contributed by atoms with Crippen LogP contribution in [0.4, 0.5) is 0 Å². The molecular formula is C25H34OSi. The van der Waals surface area contributed by atoms with Gasteiger partial charge in [-0.05, 0) is 57.7 Å². The highest BCUT2D eigenvalue weighted by molar-refractivity contribution is 6.16. The first-order valence-electron chi connectivity index (χ1n) is 9.99. The molecule has 3 rings (SSSR count). The van der Waals surface area contributed by atoms with Crippen molar-refractivity contribution in [3.8, 4) is 16.9 Å². The van der Waals surface area contributed by atoms with Crippen LogP contribution in [0.2, 0.25) is 0 Å². The average Bonchev–Trinajstić information content (AvgIpc) is 2.86. The first kappa shape index (κ1) is 19.9. The zero-order valence-corrected chi connectivity index (χ0v) is 20.4. The van der Waals surface area contributed by atoms with E-state index >= 15 is 0 Å². The number of rotatable bonds is 2. The fourth-order valence-corrected chi connectivity index (χ4v) is 4.76. The number of hydrogen-bond donors (Lipinski definition) is 0. The van der Waals surface area contributed by atoms with Gasteiger partial charge in [0.2, 0.25) is 0 Å². The Kier molecular flexibility index (Phi) is 4.92. The molecule has 1 nitrogen and oxygen atoms in total. The van der Waals surface area contributed by atoms with Crippen molar-refractivity contribution in [2.24, 2.45) is 0 Å². The molecule has 0 fully saturated rings. The number of benzene rings is 2. The van der Waals surface area contributed by atoms with Crippen LogP contribution >= 0.6 is 0 Å². The van der Waals surface area contributed by atoms with Crippen molar-refractivity contribution in [2.75, 3.05) is 7.11 Å². The summed E-state index contributed by atoms with van der Waals surface area (Å²) in [5.41, 5.74) is 10.3. The molecule has 0 aromatic heterocycles. The molecule has 1 aliphatic carbocycles. The second-order valence-electron chi connectivity index (χ2n) is 10.0. The van der Waals surface area contributed by atoms with E-state index in [1.165, 1.54) is 49.2 Å². The van der Waals surface area contributed by atoms with Gasteiger partial charge in [-0.3, -0.25) is 0 Å². The van der Waals surface area contributed by atoms with Crippen molar-refractivity contribution in [1.82, 2.24) is 0 Å². The average molecular weight is 379 g/mol. The summed E-state index contributed by atoms with van der Waals surface area (Å²) in [4.78, 5) is 0. The molecule has 2 heteroatoms. The summed E-state index contributed by atoms with van der Waals surface area (Å²) in [5, 5.41) is 0. The predicted molar refractivity (Wildman–Crippen MR) is 122 cm³/mol. The topological polar surface area (TPSA) is 9.23 Å². The maximum atomic E-state index is 5.94. The number of allylic oxidation sites excluding steroid dienone is 1. The number of hydrogen-bond acceptors (Lipinski definition) is 1. The van der Waals surface area contributed by atoms with Crippen LogP contribution in [0.3, 0.4) is 0 Å². The van der Waals surface area contributed by atoms with Gasteiger partial charge in [0.25, 0.3) is 0 Å². The van der Waals surface area contributed by atoms with Crippen LogP contribution in [0.25, 0.3) is 17.2 Å². The van der Waals surface area contributed by atoms with Crippen molar-refractivity contribution in [3.05, 3.63) is 58.2 Å². The van der Waals surface area contributed by atoms with E-state index in [0.717, 1.165) is 5.75 Å². The van der Waals surface area contributed by atoms with Crippen LogP contribution < -0.4 is 4.74 Å². The number of methoxy groups -OCH3 is 1. The minimum atomic E-state index is 0.0191. The third-order valence-electron chi connectivity index (χ3n) is 5.88. The van der Waals surface area contributed by atoms with Gasteiger partial charge in [0.15, 0.2) is 0 Å². The van der Waals surface area contributed by atoms with Crippen molar-refractivity contribution < 1.29 is 4.74 Å². The second-order valence-corrected chi connectivity index (χ2v) is 11.2. The Bertz CT molecular complexity index is 872. The van der Waals surface area contributed by atoms with Gasteiger partial charge < -0.3 is 4.74 Å². The van der Waals surface area contributed by atoms with Crippen molar-refractivity contribution in [1.29, 1.82) is 0 Å². The van der Waals surface area contributed by atoms with Crippen LogP contribution in [-0.2, 0) is 10.8 Å². The van der Waals surface area contributed by atoms with Gasteiger partial charge in [-0.25, -0.2) is 0 Å². The predicted octanol–water partition coefficient (Wildman–Crippen LogP) is 5.78. The quantitative estimate of drug-likeness (QED) is 0.602. The van der Waals surface area contributed by atoms with E-state index < -0.39 is 0 Å². The summed E-state index contributed by atoms with van der Waals surface area (Å²) in [7, 11) is 2.97. The molecule has 1 aliphatic rings. The molecular weight excluding hydrogens is 344 g/mol. The van der Waals surface area contributed by atoms with Crippen molar-refractivity contribution >= 4 is 16.3 Å². The molecule has 144 valence electrons. The zero-order chi connectivity index (χ0) is 20.1. The van der Waals surface area contributed by atoms with E-state index in [1.807, 2.05) is 0 Å². The highest BCUT2D eigenvalue weighted by Crippen LogP contribution is 2.45. The third-order valence-corrected chi connectivity index (χ3v) is 7.41. The molecule has 0 aliphatic heterocycles. The molecule has 2 aromatic carbocycles. The van der Waals surface area contributed by atoms with Gasteiger partial charge in [0, 0.05) is 21.4 Å². The van der Waals surface area contributed by atoms with Crippen molar-refractivity contribution in [2.45, 2.75) is 64.8 Å². The highest BCUT2D eigenvalue weighted by Gasteiger charge is 2.29. The Morgan fingerprint density at radius 2 is 1.48 bits per heavy atom. The van der Waals surface area contributed by atoms with E-state index in [1.54, 1.807) is 7.11 Å². The van der Waals surface area contributed by atoms with E-state index in [4.69, 9.17) is 4.74 Å². The van der Waals surface area contributed by atoms with Gasteiger partial charge in [-0.2, -0.15) is 0 Å². The summed E-state index contributed by atoms with van der Waals surface area (Å²) < 4.78 is 5.94. The lowest BCUT2D eigenvalue weighted by Crippen LogP contribution is -2.19. The lowest BCUT2D eigenvalue weighted by atomic mass is 9.77.